The van der Waals surface area contributed by atoms with Crippen LogP contribution in [-0.4, -0.2) is 31.1 Å². The van der Waals surface area contributed by atoms with Crippen molar-refractivity contribution >= 4 is 22.8 Å². The number of carboxylic acid groups (broad SMARTS) is 1. The zero-order valence-corrected chi connectivity index (χ0v) is 12.2. The zero-order valence-electron chi connectivity index (χ0n) is 12.2. The average Bonchev–Trinajstić information content (AvgIpc) is 2.71. The molecule has 0 aromatic carbocycles. The Morgan fingerprint density at radius 2 is 2.00 bits per heavy atom. The molecule has 21 heavy (non-hydrogen) atoms. The van der Waals surface area contributed by atoms with Gasteiger partial charge >= 0.3 is 5.97 Å². The van der Waals surface area contributed by atoms with Gasteiger partial charge in [0.05, 0.1) is 11.8 Å². The maximum absolute atomic E-state index is 11.9. The Hall–Kier alpha value is -2.11. The molecule has 1 aliphatic carbocycles. The Balaban J connectivity index is 2.00. The molecule has 1 aliphatic rings. The second-order valence-electron chi connectivity index (χ2n) is 5.81. The Morgan fingerprint density at radius 1 is 1.29 bits per heavy atom. The smallest absolute Gasteiger partial charge is 0.329 e. The van der Waals surface area contributed by atoms with Gasteiger partial charge in [-0.3, -0.25) is 0 Å². The van der Waals surface area contributed by atoms with Crippen molar-refractivity contribution in [1.29, 1.82) is 0 Å². The van der Waals surface area contributed by atoms with Gasteiger partial charge in [-0.05, 0) is 18.9 Å². The fourth-order valence-electron chi connectivity index (χ4n) is 3.10. The lowest BCUT2D eigenvalue weighted by molar-refractivity contribution is -0.142. The van der Waals surface area contributed by atoms with E-state index in [4.69, 9.17) is 0 Å². The van der Waals surface area contributed by atoms with Gasteiger partial charge < -0.3 is 15.0 Å². The van der Waals surface area contributed by atoms with Gasteiger partial charge in [0.2, 0.25) is 0 Å². The van der Waals surface area contributed by atoms with E-state index < -0.39 is 11.5 Å². The largest absolute Gasteiger partial charge is 0.480 e. The number of imidazole rings is 1. The fourth-order valence-corrected chi connectivity index (χ4v) is 3.10. The van der Waals surface area contributed by atoms with Gasteiger partial charge in [-0.1, -0.05) is 25.7 Å². The van der Waals surface area contributed by atoms with Gasteiger partial charge in [0.25, 0.3) is 0 Å². The number of rotatable bonds is 3. The quantitative estimate of drug-likeness (QED) is 0.848. The summed E-state index contributed by atoms with van der Waals surface area (Å²) >= 11 is 0. The molecule has 2 heterocycles. The molecule has 1 saturated carbocycles. The lowest BCUT2D eigenvalue weighted by atomic mass is 9.90. The molecule has 0 radical (unpaired) electrons. The molecule has 0 amide bonds. The van der Waals surface area contributed by atoms with Gasteiger partial charge in [0.1, 0.15) is 11.1 Å². The predicted octanol–water partition coefficient (Wildman–Crippen LogP) is 2.56. The molecule has 0 atom stereocenters. The summed E-state index contributed by atoms with van der Waals surface area (Å²) in [4.78, 5) is 20.5. The van der Waals surface area contributed by atoms with Crippen LogP contribution in [0, 0.1) is 0 Å². The molecule has 6 nitrogen and oxygen atoms in total. The Kier molecular flexibility index (Phi) is 3.53. The van der Waals surface area contributed by atoms with E-state index in [0.717, 1.165) is 36.7 Å². The number of nitrogens with one attached hydrogen (secondary N) is 1. The molecule has 2 aromatic rings. The van der Waals surface area contributed by atoms with Crippen molar-refractivity contribution in [2.75, 3.05) is 5.32 Å². The Labute approximate surface area is 123 Å². The van der Waals surface area contributed by atoms with E-state index in [9.17, 15) is 9.90 Å². The van der Waals surface area contributed by atoms with Crippen LogP contribution in [0.4, 0.5) is 5.82 Å². The number of carboxylic acids is 1. The third-order valence-corrected chi connectivity index (χ3v) is 4.37. The maximum Gasteiger partial charge on any atom is 0.329 e. The van der Waals surface area contributed by atoms with Crippen molar-refractivity contribution in [2.24, 2.45) is 7.05 Å². The summed E-state index contributed by atoms with van der Waals surface area (Å²) in [5, 5.41) is 12.9. The van der Waals surface area contributed by atoms with Crippen LogP contribution in [0.15, 0.2) is 18.6 Å². The molecule has 0 unspecified atom stereocenters. The summed E-state index contributed by atoms with van der Waals surface area (Å²) in [6.07, 6.45) is 8.72. The van der Waals surface area contributed by atoms with E-state index >= 15 is 0 Å². The van der Waals surface area contributed by atoms with E-state index in [2.05, 4.69) is 15.3 Å². The van der Waals surface area contributed by atoms with Crippen molar-refractivity contribution in [1.82, 2.24) is 14.5 Å². The highest BCUT2D eigenvalue weighted by molar-refractivity contribution is 5.90. The summed E-state index contributed by atoms with van der Waals surface area (Å²) in [5.41, 5.74) is 0.751. The number of aryl methyl sites for hydroxylation is 1. The Bertz CT molecular complexity index is 657. The van der Waals surface area contributed by atoms with Crippen LogP contribution in [-0.2, 0) is 11.8 Å². The van der Waals surface area contributed by atoms with E-state index in [0.29, 0.717) is 18.7 Å². The number of pyridine rings is 1. The minimum absolute atomic E-state index is 0.567. The number of anilines is 1. The highest BCUT2D eigenvalue weighted by atomic mass is 16.4. The van der Waals surface area contributed by atoms with Crippen LogP contribution >= 0.6 is 0 Å². The van der Waals surface area contributed by atoms with Gasteiger partial charge in [-0.15, -0.1) is 0 Å². The first-order valence-electron chi connectivity index (χ1n) is 7.40. The van der Waals surface area contributed by atoms with Crippen LogP contribution in [0.2, 0.25) is 0 Å². The highest BCUT2D eigenvalue weighted by Gasteiger charge is 2.39. The molecule has 1 fully saturated rings. The average molecular weight is 288 g/mol. The second kappa shape index (κ2) is 5.35. The maximum atomic E-state index is 11.9. The molecular formula is C15H20N4O2. The number of hydrogen-bond donors (Lipinski definition) is 2. The monoisotopic (exact) mass is 288 g/mol. The zero-order chi connectivity index (χ0) is 14.9. The number of aliphatic carboxylic acids is 1. The van der Waals surface area contributed by atoms with E-state index in [1.165, 1.54) is 0 Å². The molecule has 0 spiro atoms. The standard InChI is InChI=1S/C15H20N4O2/c1-19-10-17-12-11(19)6-9-16-13(12)18-15(14(20)21)7-4-2-3-5-8-15/h6,9-10H,2-5,7-8H2,1H3,(H,16,18)(H,20,21). The topological polar surface area (TPSA) is 80.0 Å². The molecular weight excluding hydrogens is 268 g/mol. The third-order valence-electron chi connectivity index (χ3n) is 4.37. The first-order chi connectivity index (χ1) is 10.1. The lowest BCUT2D eigenvalue weighted by Gasteiger charge is -2.29. The summed E-state index contributed by atoms with van der Waals surface area (Å²) < 4.78 is 1.91. The first kappa shape index (κ1) is 13.9. The van der Waals surface area contributed by atoms with Crippen LogP contribution in [0.3, 0.4) is 0 Å². The normalized spacial score (nSPS) is 18.3. The summed E-state index contributed by atoms with van der Waals surface area (Å²) in [5.74, 6) is -0.225. The molecule has 0 bridgehead atoms. The van der Waals surface area contributed by atoms with Crippen LogP contribution < -0.4 is 5.32 Å². The summed E-state index contributed by atoms with van der Waals surface area (Å²) in [6, 6.07) is 1.88. The van der Waals surface area contributed by atoms with Gasteiger partial charge in [-0.2, -0.15) is 0 Å². The first-order valence-corrected chi connectivity index (χ1v) is 7.40. The fraction of sp³-hybridized carbons (Fsp3) is 0.533. The van der Waals surface area contributed by atoms with Crippen LogP contribution in [0.5, 0.6) is 0 Å². The van der Waals surface area contributed by atoms with Crippen molar-refractivity contribution in [3.05, 3.63) is 18.6 Å². The highest BCUT2D eigenvalue weighted by Crippen LogP contribution is 2.32. The molecule has 0 saturated heterocycles. The van der Waals surface area contributed by atoms with Gasteiger partial charge in [0, 0.05) is 13.2 Å². The predicted molar refractivity (Wildman–Crippen MR) is 80.2 cm³/mol. The molecule has 2 N–H and O–H groups in total. The number of aromatic nitrogens is 3. The van der Waals surface area contributed by atoms with E-state index in [-0.39, 0.29) is 0 Å². The number of nitrogens with zero attached hydrogens (tertiary/aromatic N) is 3. The second-order valence-corrected chi connectivity index (χ2v) is 5.81. The molecule has 6 heteroatoms. The van der Waals surface area contributed by atoms with E-state index in [1.807, 2.05) is 17.7 Å². The molecule has 2 aromatic heterocycles. The van der Waals surface area contributed by atoms with Crippen molar-refractivity contribution in [2.45, 2.75) is 44.1 Å². The molecule has 0 aliphatic heterocycles. The van der Waals surface area contributed by atoms with Crippen molar-refractivity contribution < 1.29 is 9.90 Å². The number of fused-ring (bicyclic) bond motifs is 1. The number of hydrogen-bond acceptors (Lipinski definition) is 4. The van der Waals surface area contributed by atoms with Crippen molar-refractivity contribution in [3.8, 4) is 0 Å². The van der Waals surface area contributed by atoms with Crippen LogP contribution in [0.1, 0.15) is 38.5 Å². The minimum Gasteiger partial charge on any atom is -0.480 e. The lowest BCUT2D eigenvalue weighted by Crippen LogP contribution is -2.46. The van der Waals surface area contributed by atoms with Crippen molar-refractivity contribution in [3.63, 3.8) is 0 Å². The van der Waals surface area contributed by atoms with Gasteiger partial charge in [0.15, 0.2) is 5.82 Å². The van der Waals surface area contributed by atoms with Gasteiger partial charge in [-0.25, -0.2) is 14.8 Å². The summed E-state index contributed by atoms with van der Waals surface area (Å²) in [7, 11) is 1.91. The van der Waals surface area contributed by atoms with Crippen LogP contribution in [0.25, 0.3) is 11.0 Å². The molecule has 112 valence electrons. The number of carbonyl (C=O) groups is 1. The molecule has 3 rings (SSSR count). The SMILES string of the molecule is Cn1cnc2c(NC3(C(=O)O)CCCCCC3)nccc21. The third kappa shape index (κ3) is 2.46. The summed E-state index contributed by atoms with van der Waals surface area (Å²) in [6.45, 7) is 0. The minimum atomic E-state index is -0.921. The van der Waals surface area contributed by atoms with E-state index in [1.54, 1.807) is 12.5 Å². The Morgan fingerprint density at radius 3 is 2.67 bits per heavy atom.